The first-order valence-electron chi connectivity index (χ1n) is 7.37. The highest BCUT2D eigenvalue weighted by Gasteiger charge is 2.23. The van der Waals surface area contributed by atoms with E-state index in [1.165, 1.54) is 6.42 Å². The summed E-state index contributed by atoms with van der Waals surface area (Å²) in [6.45, 7) is 6.30. The van der Waals surface area contributed by atoms with Crippen LogP contribution in [0.2, 0.25) is 0 Å². The van der Waals surface area contributed by atoms with Crippen LogP contribution in [-0.2, 0) is 0 Å². The number of carboxylic acids is 1. The second-order valence-corrected chi connectivity index (χ2v) is 5.97. The summed E-state index contributed by atoms with van der Waals surface area (Å²) in [5, 5.41) is 9.35. The van der Waals surface area contributed by atoms with Gasteiger partial charge in [-0.25, -0.2) is 4.79 Å². The molecule has 3 N–H and O–H groups in total. The number of hydrogen-bond donors (Lipinski definition) is 2. The first-order valence-corrected chi connectivity index (χ1v) is 7.37. The maximum Gasteiger partial charge on any atom is 0.337 e. The van der Waals surface area contributed by atoms with Gasteiger partial charge in [0.2, 0.25) is 0 Å². The van der Waals surface area contributed by atoms with Crippen LogP contribution in [0.1, 0.15) is 43.5 Å². The van der Waals surface area contributed by atoms with Crippen molar-refractivity contribution in [2.24, 2.45) is 11.8 Å². The van der Waals surface area contributed by atoms with Gasteiger partial charge in [0.05, 0.1) is 16.9 Å². The first kappa shape index (κ1) is 14.7. The molecule has 110 valence electrons. The fourth-order valence-corrected chi connectivity index (χ4v) is 3.10. The van der Waals surface area contributed by atoms with E-state index in [0.717, 1.165) is 31.8 Å². The molecule has 0 bridgehead atoms. The average Bonchev–Trinajstić information content (AvgIpc) is 2.64. The quantitative estimate of drug-likeness (QED) is 0.832. The number of nitrogens with zero attached hydrogens (tertiary/aromatic N) is 1. The van der Waals surface area contributed by atoms with Crippen LogP contribution in [0, 0.1) is 11.8 Å². The third-order valence-corrected chi connectivity index (χ3v) is 4.33. The largest absolute Gasteiger partial charge is 0.478 e. The molecule has 0 amide bonds. The van der Waals surface area contributed by atoms with Crippen LogP contribution in [0.3, 0.4) is 0 Å². The lowest BCUT2D eigenvalue weighted by Gasteiger charge is -2.26. The van der Waals surface area contributed by atoms with Crippen molar-refractivity contribution < 1.29 is 9.90 Å². The minimum Gasteiger partial charge on any atom is -0.478 e. The monoisotopic (exact) mass is 276 g/mol. The fourth-order valence-electron chi connectivity index (χ4n) is 3.10. The molecule has 0 spiro atoms. The van der Waals surface area contributed by atoms with Crippen molar-refractivity contribution in [1.82, 2.24) is 0 Å². The van der Waals surface area contributed by atoms with E-state index in [9.17, 15) is 9.90 Å². The van der Waals surface area contributed by atoms with Gasteiger partial charge in [-0.3, -0.25) is 0 Å². The number of carboxylic acid groups (broad SMARTS) is 1. The Morgan fingerprint density at radius 2 is 2.10 bits per heavy atom. The van der Waals surface area contributed by atoms with E-state index in [0.29, 0.717) is 22.9 Å². The minimum atomic E-state index is -0.906. The highest BCUT2D eigenvalue weighted by molar-refractivity contribution is 5.98. The molecule has 1 aliphatic rings. The van der Waals surface area contributed by atoms with Crippen molar-refractivity contribution in [3.63, 3.8) is 0 Å². The Morgan fingerprint density at radius 1 is 1.35 bits per heavy atom. The number of anilines is 2. The van der Waals surface area contributed by atoms with E-state index in [2.05, 4.69) is 18.7 Å². The number of benzene rings is 1. The lowest BCUT2D eigenvalue weighted by atomic mass is 9.89. The van der Waals surface area contributed by atoms with Crippen molar-refractivity contribution in [1.29, 1.82) is 0 Å². The van der Waals surface area contributed by atoms with Crippen molar-refractivity contribution in [3.8, 4) is 0 Å². The molecule has 0 radical (unpaired) electrons. The number of nitrogen functional groups attached to an aromatic ring is 1. The molecule has 1 heterocycles. The molecule has 20 heavy (non-hydrogen) atoms. The second-order valence-electron chi connectivity index (χ2n) is 5.97. The lowest BCUT2D eigenvalue weighted by Crippen LogP contribution is -2.27. The molecule has 1 fully saturated rings. The fraction of sp³-hybridized carbons (Fsp3) is 0.562. The molecule has 0 aromatic heterocycles. The van der Waals surface area contributed by atoms with Crippen molar-refractivity contribution in [2.75, 3.05) is 23.7 Å². The maximum atomic E-state index is 11.4. The Labute approximate surface area is 120 Å². The number of para-hydroxylation sites is 1. The van der Waals surface area contributed by atoms with E-state index >= 15 is 0 Å². The van der Waals surface area contributed by atoms with Crippen LogP contribution < -0.4 is 10.6 Å². The number of hydrogen-bond acceptors (Lipinski definition) is 3. The highest BCUT2D eigenvalue weighted by atomic mass is 16.4. The van der Waals surface area contributed by atoms with Gasteiger partial charge in [-0.05, 0) is 43.2 Å². The number of carbonyl (C=O) groups is 1. The van der Waals surface area contributed by atoms with Gasteiger partial charge < -0.3 is 15.7 Å². The van der Waals surface area contributed by atoms with E-state index in [1.54, 1.807) is 18.2 Å². The molecule has 1 saturated heterocycles. The molecule has 0 saturated carbocycles. The second kappa shape index (κ2) is 6.16. The Bertz CT molecular complexity index is 485. The van der Waals surface area contributed by atoms with Gasteiger partial charge in [0.25, 0.3) is 0 Å². The van der Waals surface area contributed by atoms with E-state index in [1.807, 2.05) is 0 Å². The Morgan fingerprint density at radius 3 is 2.75 bits per heavy atom. The van der Waals surface area contributed by atoms with Crippen LogP contribution >= 0.6 is 0 Å². The molecule has 1 aliphatic heterocycles. The SMILES string of the molecule is CC(C)C1CCCN(c2c(N)cccc2C(=O)O)CC1. The number of aromatic carboxylic acids is 1. The highest BCUT2D eigenvalue weighted by Crippen LogP contribution is 2.32. The minimum absolute atomic E-state index is 0.313. The smallest absolute Gasteiger partial charge is 0.337 e. The molecular weight excluding hydrogens is 252 g/mol. The Kier molecular flexibility index (Phi) is 4.53. The molecular formula is C16H24N2O2. The summed E-state index contributed by atoms with van der Waals surface area (Å²) in [6, 6.07) is 5.13. The predicted molar refractivity (Wildman–Crippen MR) is 82.2 cm³/mol. The molecule has 1 aromatic rings. The zero-order valence-electron chi connectivity index (χ0n) is 12.3. The third kappa shape index (κ3) is 3.06. The first-order chi connectivity index (χ1) is 9.50. The van der Waals surface area contributed by atoms with Crippen LogP contribution in [0.4, 0.5) is 11.4 Å². The summed E-state index contributed by atoms with van der Waals surface area (Å²) in [5.41, 5.74) is 7.60. The van der Waals surface area contributed by atoms with E-state index in [-0.39, 0.29) is 0 Å². The molecule has 1 aromatic carbocycles. The maximum absolute atomic E-state index is 11.4. The summed E-state index contributed by atoms with van der Waals surface area (Å²) in [5.74, 6) is 0.497. The van der Waals surface area contributed by atoms with Crippen LogP contribution in [0.5, 0.6) is 0 Å². The predicted octanol–water partition coefficient (Wildman–Crippen LogP) is 3.23. The van der Waals surface area contributed by atoms with Crippen molar-refractivity contribution in [3.05, 3.63) is 23.8 Å². The van der Waals surface area contributed by atoms with Crippen LogP contribution in [-0.4, -0.2) is 24.2 Å². The number of rotatable bonds is 3. The van der Waals surface area contributed by atoms with Gasteiger partial charge >= 0.3 is 5.97 Å². The number of nitrogens with two attached hydrogens (primary N) is 1. The van der Waals surface area contributed by atoms with Crippen LogP contribution in [0.15, 0.2) is 18.2 Å². The topological polar surface area (TPSA) is 66.6 Å². The molecule has 4 heteroatoms. The molecule has 1 unspecified atom stereocenters. The summed E-state index contributed by atoms with van der Waals surface area (Å²) in [7, 11) is 0. The summed E-state index contributed by atoms with van der Waals surface area (Å²) in [4.78, 5) is 13.5. The van der Waals surface area contributed by atoms with Gasteiger partial charge in [-0.1, -0.05) is 19.9 Å². The summed E-state index contributed by atoms with van der Waals surface area (Å²) in [6.07, 6.45) is 3.41. The third-order valence-electron chi connectivity index (χ3n) is 4.33. The van der Waals surface area contributed by atoms with Crippen molar-refractivity contribution >= 4 is 17.3 Å². The lowest BCUT2D eigenvalue weighted by molar-refractivity contribution is 0.0697. The molecule has 0 aliphatic carbocycles. The Balaban J connectivity index is 2.26. The van der Waals surface area contributed by atoms with Gasteiger partial charge in [0.15, 0.2) is 0 Å². The summed E-state index contributed by atoms with van der Waals surface area (Å²) >= 11 is 0. The normalized spacial score (nSPS) is 19.9. The van der Waals surface area contributed by atoms with Gasteiger partial charge in [-0.15, -0.1) is 0 Å². The molecule has 1 atom stereocenters. The van der Waals surface area contributed by atoms with Crippen LogP contribution in [0.25, 0.3) is 0 Å². The summed E-state index contributed by atoms with van der Waals surface area (Å²) < 4.78 is 0. The van der Waals surface area contributed by atoms with Gasteiger partial charge in [0, 0.05) is 13.1 Å². The molecule has 2 rings (SSSR count). The average molecular weight is 276 g/mol. The van der Waals surface area contributed by atoms with Crippen molar-refractivity contribution in [2.45, 2.75) is 33.1 Å². The zero-order valence-corrected chi connectivity index (χ0v) is 12.3. The van der Waals surface area contributed by atoms with Gasteiger partial charge in [-0.2, -0.15) is 0 Å². The standard InChI is InChI=1S/C16H24N2O2/c1-11(2)12-5-4-9-18(10-8-12)15-13(16(19)20)6-3-7-14(15)17/h3,6-7,11-12H,4-5,8-10,17H2,1-2H3,(H,19,20). The zero-order chi connectivity index (χ0) is 14.7. The Hall–Kier alpha value is -1.71. The molecule has 4 nitrogen and oxygen atoms in total. The van der Waals surface area contributed by atoms with Gasteiger partial charge in [0.1, 0.15) is 0 Å². The van der Waals surface area contributed by atoms with E-state index in [4.69, 9.17) is 5.73 Å². The van der Waals surface area contributed by atoms with E-state index < -0.39 is 5.97 Å².